The van der Waals surface area contributed by atoms with Crippen molar-refractivity contribution in [3.05, 3.63) is 65.3 Å². The van der Waals surface area contributed by atoms with Crippen molar-refractivity contribution in [3.63, 3.8) is 0 Å². The topological polar surface area (TPSA) is 95.7 Å². The molecule has 2 N–H and O–H groups in total. The maximum atomic E-state index is 13.1. The average molecular weight is 403 g/mol. The first-order valence-electron chi connectivity index (χ1n) is 7.78. The third-order valence-electron chi connectivity index (χ3n) is 3.65. The van der Waals surface area contributed by atoms with Crippen LogP contribution in [0.2, 0.25) is 5.02 Å². The van der Waals surface area contributed by atoms with Crippen molar-refractivity contribution in [1.82, 2.24) is 25.1 Å². The lowest BCUT2D eigenvalue weighted by atomic mass is 10.2. The molecule has 0 spiro atoms. The lowest BCUT2D eigenvalue weighted by Crippen LogP contribution is -2.11. The smallest absolute Gasteiger partial charge is 0.247 e. The zero-order chi connectivity index (χ0) is 18.8. The summed E-state index contributed by atoms with van der Waals surface area (Å²) >= 11 is 7.18. The third kappa shape index (κ3) is 3.79. The largest absolute Gasteiger partial charge is 0.420 e. The van der Waals surface area contributed by atoms with Gasteiger partial charge in [-0.1, -0.05) is 23.4 Å². The molecule has 2 heterocycles. The predicted octanol–water partition coefficient (Wildman–Crippen LogP) is 3.79. The zero-order valence-electron chi connectivity index (χ0n) is 13.7. The van der Waals surface area contributed by atoms with Crippen LogP contribution < -0.4 is 5.84 Å². The molecule has 0 aliphatic rings. The number of thioether (sulfide) groups is 1. The molecule has 0 saturated carbocycles. The fourth-order valence-electron chi connectivity index (χ4n) is 2.32. The minimum Gasteiger partial charge on any atom is -0.420 e. The first-order chi connectivity index (χ1) is 13.1. The van der Waals surface area contributed by atoms with Crippen LogP contribution in [-0.4, -0.2) is 25.1 Å². The molecule has 27 heavy (non-hydrogen) atoms. The van der Waals surface area contributed by atoms with Crippen LogP contribution in [-0.2, 0) is 5.75 Å². The van der Waals surface area contributed by atoms with Gasteiger partial charge in [0, 0.05) is 16.1 Å². The summed E-state index contributed by atoms with van der Waals surface area (Å²) in [5.74, 6) is 7.36. The molecule has 0 aliphatic heterocycles. The standard InChI is InChI=1S/C17H12ClFN6OS/c18-12-5-1-11(2-6-12)16-23-21-14(26-16)9-27-17-24-22-15(25(17)20)10-3-7-13(19)8-4-10/h1-8H,9,20H2. The van der Waals surface area contributed by atoms with Crippen LogP contribution in [0, 0.1) is 5.82 Å². The highest BCUT2D eigenvalue weighted by atomic mass is 35.5. The van der Waals surface area contributed by atoms with Gasteiger partial charge >= 0.3 is 0 Å². The Bertz CT molecular complexity index is 1060. The van der Waals surface area contributed by atoms with Gasteiger partial charge in [-0.3, -0.25) is 0 Å². The summed E-state index contributed by atoms with van der Waals surface area (Å²) < 4.78 is 20.0. The van der Waals surface area contributed by atoms with Gasteiger partial charge in [-0.15, -0.1) is 20.4 Å². The number of hydrogen-bond acceptors (Lipinski definition) is 7. The molecule has 0 radical (unpaired) electrons. The summed E-state index contributed by atoms with van der Waals surface area (Å²) in [6.07, 6.45) is 0. The van der Waals surface area contributed by atoms with Crippen molar-refractivity contribution >= 4 is 23.4 Å². The zero-order valence-corrected chi connectivity index (χ0v) is 15.3. The summed E-state index contributed by atoms with van der Waals surface area (Å²) in [5, 5.41) is 17.3. The van der Waals surface area contributed by atoms with E-state index in [9.17, 15) is 4.39 Å². The molecule has 0 aliphatic carbocycles. The number of aromatic nitrogens is 5. The van der Waals surface area contributed by atoms with Crippen LogP contribution in [0.4, 0.5) is 4.39 Å². The molecule has 4 rings (SSSR count). The van der Waals surface area contributed by atoms with E-state index in [1.165, 1.54) is 28.6 Å². The monoisotopic (exact) mass is 402 g/mol. The Morgan fingerprint density at radius 2 is 1.67 bits per heavy atom. The average Bonchev–Trinajstić information content (AvgIpc) is 3.28. The van der Waals surface area contributed by atoms with Gasteiger partial charge in [-0.25, -0.2) is 9.07 Å². The van der Waals surface area contributed by atoms with Crippen molar-refractivity contribution in [2.24, 2.45) is 0 Å². The summed E-state index contributed by atoms with van der Waals surface area (Å²) in [7, 11) is 0. The maximum Gasteiger partial charge on any atom is 0.247 e. The summed E-state index contributed by atoms with van der Waals surface area (Å²) in [4.78, 5) is 0. The molecule has 0 fully saturated rings. The fourth-order valence-corrected chi connectivity index (χ4v) is 3.14. The molecule has 2 aromatic heterocycles. The minimum absolute atomic E-state index is 0.329. The Hall–Kier alpha value is -2.91. The number of nitrogens with two attached hydrogens (primary N) is 1. The molecule has 136 valence electrons. The van der Waals surface area contributed by atoms with Crippen molar-refractivity contribution in [1.29, 1.82) is 0 Å². The van der Waals surface area contributed by atoms with Crippen LogP contribution in [0.5, 0.6) is 0 Å². The highest BCUT2D eigenvalue weighted by Crippen LogP contribution is 2.26. The van der Waals surface area contributed by atoms with Gasteiger partial charge in [0.2, 0.25) is 16.9 Å². The summed E-state index contributed by atoms with van der Waals surface area (Å²) in [6, 6.07) is 13.0. The van der Waals surface area contributed by atoms with Gasteiger partial charge in [0.25, 0.3) is 0 Å². The third-order valence-corrected chi connectivity index (χ3v) is 4.83. The van der Waals surface area contributed by atoms with E-state index in [0.29, 0.717) is 39.1 Å². The van der Waals surface area contributed by atoms with E-state index < -0.39 is 0 Å². The molecule has 0 unspecified atom stereocenters. The fraction of sp³-hybridized carbons (Fsp3) is 0.0588. The Morgan fingerprint density at radius 3 is 2.41 bits per heavy atom. The van der Waals surface area contributed by atoms with E-state index in [1.54, 1.807) is 36.4 Å². The molecule has 10 heteroatoms. The SMILES string of the molecule is Nn1c(SCc2nnc(-c3ccc(Cl)cc3)o2)nnc1-c1ccc(F)cc1. The lowest BCUT2D eigenvalue weighted by Gasteiger charge is -2.02. The molecule has 2 aromatic carbocycles. The number of halogens is 2. The Kier molecular flexibility index (Phi) is 4.78. The van der Waals surface area contributed by atoms with E-state index >= 15 is 0 Å². The van der Waals surface area contributed by atoms with Crippen molar-refractivity contribution < 1.29 is 8.81 Å². The second kappa shape index (κ2) is 7.37. The van der Waals surface area contributed by atoms with Gasteiger partial charge in [-0.05, 0) is 48.5 Å². The Morgan fingerprint density at radius 1 is 0.963 bits per heavy atom. The van der Waals surface area contributed by atoms with Gasteiger partial charge in [0.15, 0.2) is 5.82 Å². The van der Waals surface area contributed by atoms with Crippen LogP contribution in [0.3, 0.4) is 0 Å². The Balaban J connectivity index is 1.46. The lowest BCUT2D eigenvalue weighted by molar-refractivity contribution is 0.528. The number of hydrogen-bond donors (Lipinski definition) is 1. The molecule has 0 bridgehead atoms. The first kappa shape index (κ1) is 17.5. The highest BCUT2D eigenvalue weighted by Gasteiger charge is 2.15. The van der Waals surface area contributed by atoms with E-state index in [1.807, 2.05) is 0 Å². The molecular weight excluding hydrogens is 391 g/mol. The van der Waals surface area contributed by atoms with Gasteiger partial charge in [0.1, 0.15) is 5.82 Å². The number of rotatable bonds is 5. The van der Waals surface area contributed by atoms with Crippen LogP contribution >= 0.6 is 23.4 Å². The number of benzene rings is 2. The molecule has 7 nitrogen and oxygen atoms in total. The van der Waals surface area contributed by atoms with Gasteiger partial charge in [0.05, 0.1) is 5.75 Å². The van der Waals surface area contributed by atoms with Gasteiger partial charge < -0.3 is 10.3 Å². The number of nitrogen functional groups attached to an aromatic ring is 1. The minimum atomic E-state index is -0.329. The number of nitrogens with zero attached hydrogens (tertiary/aromatic N) is 5. The highest BCUT2D eigenvalue weighted by molar-refractivity contribution is 7.98. The summed E-state index contributed by atoms with van der Waals surface area (Å²) in [6.45, 7) is 0. The second-order valence-corrected chi connectivity index (χ2v) is 6.86. The van der Waals surface area contributed by atoms with E-state index in [0.717, 1.165) is 5.56 Å². The van der Waals surface area contributed by atoms with Crippen molar-refractivity contribution in [2.75, 3.05) is 5.84 Å². The van der Waals surface area contributed by atoms with Crippen molar-refractivity contribution in [3.8, 4) is 22.8 Å². The molecular formula is C17H12ClFN6OS. The van der Waals surface area contributed by atoms with E-state index in [4.69, 9.17) is 21.9 Å². The molecule has 4 aromatic rings. The first-order valence-corrected chi connectivity index (χ1v) is 9.14. The molecule has 0 amide bonds. The maximum absolute atomic E-state index is 13.1. The Labute approximate surface area is 162 Å². The quantitative estimate of drug-likeness (QED) is 0.400. The summed E-state index contributed by atoms with van der Waals surface area (Å²) in [5.41, 5.74) is 1.45. The van der Waals surface area contributed by atoms with Crippen LogP contribution in [0.25, 0.3) is 22.8 Å². The second-order valence-electron chi connectivity index (χ2n) is 5.48. The van der Waals surface area contributed by atoms with Crippen molar-refractivity contribution in [2.45, 2.75) is 10.9 Å². The van der Waals surface area contributed by atoms with E-state index in [-0.39, 0.29) is 5.82 Å². The van der Waals surface area contributed by atoms with E-state index in [2.05, 4.69) is 20.4 Å². The normalized spacial score (nSPS) is 11.0. The molecule has 0 atom stereocenters. The van der Waals surface area contributed by atoms with Gasteiger partial charge in [-0.2, -0.15) is 0 Å². The van der Waals surface area contributed by atoms with Crippen LogP contribution in [0.15, 0.2) is 58.1 Å². The predicted molar refractivity (Wildman–Crippen MR) is 99.9 cm³/mol. The molecule has 0 saturated heterocycles. The van der Waals surface area contributed by atoms with Crippen LogP contribution in [0.1, 0.15) is 5.89 Å².